The van der Waals surface area contributed by atoms with E-state index in [1.54, 1.807) is 0 Å². The molecule has 2 rings (SSSR count). The average molecular weight is 249 g/mol. The molecule has 18 heavy (non-hydrogen) atoms. The van der Waals surface area contributed by atoms with Crippen molar-refractivity contribution >= 4 is 0 Å². The highest BCUT2D eigenvalue weighted by atomic mass is 14.9. The molecule has 0 aromatic carbocycles. The standard InChI is InChI=1S/C17H31N/c1-15(2)12-17(10-6-7-11-17)14-18-13-16-8-4-3-5-9-16/h3-4,15-16,18H,5-14H2,1-2H3. The number of hydrogen-bond donors (Lipinski definition) is 1. The van der Waals surface area contributed by atoms with Gasteiger partial charge >= 0.3 is 0 Å². The van der Waals surface area contributed by atoms with Crippen LogP contribution in [0.4, 0.5) is 0 Å². The molecule has 1 atom stereocenters. The minimum Gasteiger partial charge on any atom is -0.316 e. The zero-order chi connectivity index (χ0) is 12.8. The second-order valence-electron chi connectivity index (χ2n) is 7.09. The summed E-state index contributed by atoms with van der Waals surface area (Å²) in [6.07, 6.45) is 16.0. The highest BCUT2D eigenvalue weighted by molar-refractivity contribution is 4.92. The van der Waals surface area contributed by atoms with Crippen LogP contribution in [-0.2, 0) is 0 Å². The van der Waals surface area contributed by atoms with Crippen molar-refractivity contribution in [3.8, 4) is 0 Å². The highest BCUT2D eigenvalue weighted by Gasteiger charge is 2.33. The molecule has 0 saturated heterocycles. The number of allylic oxidation sites excluding steroid dienone is 2. The molecule has 0 radical (unpaired) electrons. The van der Waals surface area contributed by atoms with Gasteiger partial charge in [-0.1, -0.05) is 38.8 Å². The molecule has 1 unspecified atom stereocenters. The quantitative estimate of drug-likeness (QED) is 0.682. The van der Waals surface area contributed by atoms with Gasteiger partial charge in [0.25, 0.3) is 0 Å². The highest BCUT2D eigenvalue weighted by Crippen LogP contribution is 2.42. The Morgan fingerprint density at radius 1 is 1.22 bits per heavy atom. The lowest BCUT2D eigenvalue weighted by atomic mass is 9.78. The molecule has 0 aromatic rings. The predicted octanol–water partition coefficient (Wildman–Crippen LogP) is 4.54. The first-order valence-corrected chi connectivity index (χ1v) is 8.06. The Kier molecular flexibility index (Phi) is 5.29. The molecule has 0 bridgehead atoms. The van der Waals surface area contributed by atoms with Crippen LogP contribution in [0.1, 0.15) is 65.2 Å². The molecule has 2 aliphatic carbocycles. The fraction of sp³-hybridized carbons (Fsp3) is 0.882. The van der Waals surface area contributed by atoms with Crippen LogP contribution >= 0.6 is 0 Å². The molecule has 1 fully saturated rings. The Hall–Kier alpha value is -0.300. The van der Waals surface area contributed by atoms with E-state index in [2.05, 4.69) is 31.3 Å². The van der Waals surface area contributed by atoms with Crippen molar-refractivity contribution in [3.63, 3.8) is 0 Å². The molecule has 0 amide bonds. The zero-order valence-corrected chi connectivity index (χ0v) is 12.4. The van der Waals surface area contributed by atoms with Crippen LogP contribution in [0.2, 0.25) is 0 Å². The lowest BCUT2D eigenvalue weighted by molar-refractivity contribution is 0.219. The fourth-order valence-corrected chi connectivity index (χ4v) is 4.03. The first-order valence-electron chi connectivity index (χ1n) is 8.06. The molecule has 1 nitrogen and oxygen atoms in total. The summed E-state index contributed by atoms with van der Waals surface area (Å²) in [6, 6.07) is 0. The third kappa shape index (κ3) is 4.12. The summed E-state index contributed by atoms with van der Waals surface area (Å²) in [7, 11) is 0. The van der Waals surface area contributed by atoms with E-state index in [9.17, 15) is 0 Å². The van der Waals surface area contributed by atoms with E-state index in [1.165, 1.54) is 64.5 Å². The second-order valence-corrected chi connectivity index (χ2v) is 7.09. The molecule has 0 spiro atoms. The van der Waals surface area contributed by atoms with E-state index >= 15 is 0 Å². The molecule has 0 heterocycles. The van der Waals surface area contributed by atoms with Gasteiger partial charge in [0.1, 0.15) is 0 Å². The van der Waals surface area contributed by atoms with Crippen molar-refractivity contribution < 1.29 is 0 Å². The molecule has 2 aliphatic rings. The van der Waals surface area contributed by atoms with Crippen molar-refractivity contribution in [3.05, 3.63) is 12.2 Å². The predicted molar refractivity (Wildman–Crippen MR) is 79.7 cm³/mol. The summed E-state index contributed by atoms with van der Waals surface area (Å²) >= 11 is 0. The fourth-order valence-electron chi connectivity index (χ4n) is 4.03. The molecule has 1 heteroatoms. The van der Waals surface area contributed by atoms with Crippen molar-refractivity contribution in [1.82, 2.24) is 5.32 Å². The van der Waals surface area contributed by atoms with Crippen molar-refractivity contribution in [2.24, 2.45) is 17.3 Å². The molecule has 0 aliphatic heterocycles. The Morgan fingerprint density at radius 2 is 2.00 bits per heavy atom. The third-order valence-electron chi connectivity index (χ3n) is 4.82. The van der Waals surface area contributed by atoms with E-state index in [0.29, 0.717) is 5.41 Å². The van der Waals surface area contributed by atoms with Crippen molar-refractivity contribution in [1.29, 1.82) is 0 Å². The van der Waals surface area contributed by atoms with Crippen LogP contribution in [0.25, 0.3) is 0 Å². The molecule has 0 aromatic heterocycles. The van der Waals surface area contributed by atoms with E-state index in [1.807, 2.05) is 0 Å². The van der Waals surface area contributed by atoms with Gasteiger partial charge in [0.05, 0.1) is 0 Å². The maximum absolute atomic E-state index is 3.81. The topological polar surface area (TPSA) is 12.0 Å². The van der Waals surface area contributed by atoms with Crippen LogP contribution in [0, 0.1) is 17.3 Å². The molecular weight excluding hydrogens is 218 g/mol. The maximum atomic E-state index is 3.81. The Morgan fingerprint density at radius 3 is 2.61 bits per heavy atom. The summed E-state index contributed by atoms with van der Waals surface area (Å²) < 4.78 is 0. The third-order valence-corrected chi connectivity index (χ3v) is 4.82. The van der Waals surface area contributed by atoms with Gasteiger partial charge in [0, 0.05) is 6.54 Å². The minimum atomic E-state index is 0.638. The molecule has 1 N–H and O–H groups in total. The summed E-state index contributed by atoms with van der Waals surface area (Å²) in [4.78, 5) is 0. The van der Waals surface area contributed by atoms with Gasteiger partial charge in [0.15, 0.2) is 0 Å². The lowest BCUT2D eigenvalue weighted by Crippen LogP contribution is -2.36. The lowest BCUT2D eigenvalue weighted by Gasteiger charge is -2.32. The number of hydrogen-bond acceptors (Lipinski definition) is 1. The van der Waals surface area contributed by atoms with Crippen molar-refractivity contribution in [2.45, 2.75) is 65.2 Å². The van der Waals surface area contributed by atoms with Gasteiger partial charge in [0.2, 0.25) is 0 Å². The summed E-state index contributed by atoms with van der Waals surface area (Å²) in [5, 5.41) is 3.81. The van der Waals surface area contributed by atoms with Crippen LogP contribution in [-0.4, -0.2) is 13.1 Å². The average Bonchev–Trinajstić information content (AvgIpc) is 2.78. The van der Waals surface area contributed by atoms with Crippen LogP contribution in [0.5, 0.6) is 0 Å². The van der Waals surface area contributed by atoms with E-state index in [4.69, 9.17) is 0 Å². The Bertz CT molecular complexity index is 261. The normalized spacial score (nSPS) is 26.9. The SMILES string of the molecule is CC(C)CC1(CNCC2CC=CCC2)CCCC1. The van der Waals surface area contributed by atoms with Gasteiger partial charge in [-0.15, -0.1) is 0 Å². The first kappa shape index (κ1) is 14.1. The van der Waals surface area contributed by atoms with Crippen molar-refractivity contribution in [2.75, 3.05) is 13.1 Å². The van der Waals surface area contributed by atoms with E-state index < -0.39 is 0 Å². The monoisotopic (exact) mass is 249 g/mol. The summed E-state index contributed by atoms with van der Waals surface area (Å²) in [6.45, 7) is 7.27. The summed E-state index contributed by atoms with van der Waals surface area (Å²) in [5.41, 5.74) is 0.638. The smallest absolute Gasteiger partial charge is 0.000802 e. The van der Waals surface area contributed by atoms with E-state index in [-0.39, 0.29) is 0 Å². The Labute approximate surface area is 113 Å². The van der Waals surface area contributed by atoms with Gasteiger partial charge in [-0.05, 0) is 62.3 Å². The number of nitrogens with one attached hydrogen (secondary N) is 1. The van der Waals surface area contributed by atoms with Gasteiger partial charge < -0.3 is 5.32 Å². The second kappa shape index (κ2) is 6.75. The van der Waals surface area contributed by atoms with E-state index in [0.717, 1.165) is 11.8 Å². The summed E-state index contributed by atoms with van der Waals surface area (Å²) in [5.74, 6) is 1.75. The largest absolute Gasteiger partial charge is 0.316 e. The van der Waals surface area contributed by atoms with Gasteiger partial charge in [-0.25, -0.2) is 0 Å². The van der Waals surface area contributed by atoms with Gasteiger partial charge in [-0.2, -0.15) is 0 Å². The van der Waals surface area contributed by atoms with Gasteiger partial charge in [-0.3, -0.25) is 0 Å². The van der Waals surface area contributed by atoms with Crippen LogP contribution < -0.4 is 5.32 Å². The number of rotatable bonds is 6. The minimum absolute atomic E-state index is 0.638. The zero-order valence-electron chi connectivity index (χ0n) is 12.4. The maximum Gasteiger partial charge on any atom is 0.000802 e. The van der Waals surface area contributed by atoms with Crippen LogP contribution in [0.15, 0.2) is 12.2 Å². The first-order chi connectivity index (χ1) is 8.70. The molecule has 104 valence electrons. The molecular formula is C17H31N. The van der Waals surface area contributed by atoms with Crippen LogP contribution in [0.3, 0.4) is 0 Å². The molecule has 1 saturated carbocycles. The Balaban J connectivity index is 1.73.